The number of sulfonamides is 1. The first kappa shape index (κ1) is 13.6. The molecule has 0 aliphatic carbocycles. The van der Waals surface area contributed by atoms with Gasteiger partial charge in [0.25, 0.3) is 5.91 Å². The maximum Gasteiger partial charge on any atom is 0.267 e. The van der Waals surface area contributed by atoms with Crippen LogP contribution in [0.3, 0.4) is 0 Å². The van der Waals surface area contributed by atoms with E-state index >= 15 is 0 Å². The van der Waals surface area contributed by atoms with Gasteiger partial charge < -0.3 is 4.74 Å². The van der Waals surface area contributed by atoms with Crippen molar-refractivity contribution in [3.05, 3.63) is 35.6 Å². The van der Waals surface area contributed by atoms with Gasteiger partial charge in [-0.15, -0.1) is 0 Å². The smallest absolute Gasteiger partial charge is 0.267 e. The predicted octanol–water partition coefficient (Wildman–Crippen LogP) is 0.532. The molecule has 0 spiro atoms. The lowest BCUT2D eigenvalue weighted by Crippen LogP contribution is -2.34. The highest BCUT2D eigenvalue weighted by molar-refractivity contribution is 7.90. The molecule has 0 heterocycles. The van der Waals surface area contributed by atoms with Crippen LogP contribution >= 0.6 is 0 Å². The average Bonchev–Trinajstić information content (AvgIpc) is 2.26. The maximum absolute atomic E-state index is 13.2. The number of halogens is 1. The van der Waals surface area contributed by atoms with Crippen LogP contribution in [0.2, 0.25) is 0 Å². The summed E-state index contributed by atoms with van der Waals surface area (Å²) in [6, 6.07) is 5.14. The van der Waals surface area contributed by atoms with Gasteiger partial charge in [0.05, 0.1) is 17.9 Å². The normalized spacial score (nSPS) is 11.2. The number of hydrogen-bond acceptors (Lipinski definition) is 4. The Balaban J connectivity index is 2.77. The van der Waals surface area contributed by atoms with E-state index < -0.39 is 21.7 Å². The average molecular weight is 261 g/mol. The molecule has 1 aromatic rings. The molecule has 5 nitrogen and oxygen atoms in total. The fourth-order valence-electron chi connectivity index (χ4n) is 1.09. The summed E-state index contributed by atoms with van der Waals surface area (Å²) in [4.78, 5) is 11.5. The minimum absolute atomic E-state index is 0.0418. The van der Waals surface area contributed by atoms with E-state index in [0.717, 1.165) is 6.07 Å². The van der Waals surface area contributed by atoms with Crippen molar-refractivity contribution in [3.63, 3.8) is 0 Å². The van der Waals surface area contributed by atoms with Gasteiger partial charge in [-0.3, -0.25) is 4.79 Å². The molecule has 0 saturated carbocycles. The van der Waals surface area contributed by atoms with E-state index in [4.69, 9.17) is 0 Å². The molecule has 0 fully saturated rings. The first-order chi connectivity index (χ1) is 7.96. The first-order valence-electron chi connectivity index (χ1n) is 4.74. The zero-order chi connectivity index (χ0) is 12.9. The third-order valence-corrected chi connectivity index (χ3v) is 3.12. The van der Waals surface area contributed by atoms with Crippen LogP contribution < -0.4 is 4.72 Å². The molecule has 0 atom stereocenters. The van der Waals surface area contributed by atoms with Crippen molar-refractivity contribution in [2.24, 2.45) is 0 Å². The first-order valence-corrected chi connectivity index (χ1v) is 6.40. The van der Waals surface area contributed by atoms with Gasteiger partial charge in [0, 0.05) is 7.11 Å². The Labute approximate surface area is 98.6 Å². The number of benzene rings is 1. The van der Waals surface area contributed by atoms with Crippen LogP contribution in [-0.2, 0) is 14.8 Å². The third kappa shape index (κ3) is 4.12. The fourth-order valence-corrected chi connectivity index (χ4v) is 1.97. The van der Waals surface area contributed by atoms with Crippen LogP contribution in [0.1, 0.15) is 10.4 Å². The predicted molar refractivity (Wildman–Crippen MR) is 59.5 cm³/mol. The minimum atomic E-state index is -3.80. The molecule has 0 aromatic heterocycles. The second-order valence-electron chi connectivity index (χ2n) is 3.22. The number of methoxy groups -OCH3 is 1. The second kappa shape index (κ2) is 5.74. The topological polar surface area (TPSA) is 72.5 Å². The quantitative estimate of drug-likeness (QED) is 0.839. The largest absolute Gasteiger partial charge is 0.384 e. The van der Waals surface area contributed by atoms with Gasteiger partial charge in [-0.25, -0.2) is 17.5 Å². The van der Waals surface area contributed by atoms with E-state index in [9.17, 15) is 17.6 Å². The Morgan fingerprint density at radius 2 is 2.06 bits per heavy atom. The molecule has 7 heteroatoms. The molecule has 1 amide bonds. The number of hydrogen-bond donors (Lipinski definition) is 1. The molecule has 0 unspecified atom stereocenters. The van der Waals surface area contributed by atoms with Gasteiger partial charge >= 0.3 is 0 Å². The number of carbonyl (C=O) groups excluding carboxylic acids is 1. The highest BCUT2D eigenvalue weighted by Crippen LogP contribution is 2.06. The Morgan fingerprint density at radius 3 is 2.65 bits per heavy atom. The van der Waals surface area contributed by atoms with E-state index in [1.54, 1.807) is 4.72 Å². The summed E-state index contributed by atoms with van der Waals surface area (Å²) in [6.07, 6.45) is 0. The maximum atomic E-state index is 13.2. The van der Waals surface area contributed by atoms with Crippen LogP contribution in [0, 0.1) is 5.82 Å². The zero-order valence-corrected chi connectivity index (χ0v) is 9.96. The summed E-state index contributed by atoms with van der Waals surface area (Å²) in [5.74, 6) is -2.12. The molecule has 0 bridgehead atoms. The molecule has 0 radical (unpaired) electrons. The van der Waals surface area contributed by atoms with E-state index in [1.807, 2.05) is 0 Å². The Morgan fingerprint density at radius 1 is 1.41 bits per heavy atom. The summed E-state index contributed by atoms with van der Waals surface area (Å²) >= 11 is 0. The summed E-state index contributed by atoms with van der Waals surface area (Å²) in [5, 5.41) is 0. The Bertz CT molecular complexity index is 501. The SMILES string of the molecule is COCCS(=O)(=O)NC(=O)c1ccccc1F. The molecule has 94 valence electrons. The zero-order valence-electron chi connectivity index (χ0n) is 9.14. The van der Waals surface area contributed by atoms with Gasteiger partial charge in [-0.05, 0) is 12.1 Å². The molecule has 1 rings (SSSR count). The summed E-state index contributed by atoms with van der Waals surface area (Å²) < 4.78 is 42.2. The lowest BCUT2D eigenvalue weighted by atomic mass is 10.2. The lowest BCUT2D eigenvalue weighted by molar-refractivity contribution is 0.0977. The van der Waals surface area contributed by atoms with Gasteiger partial charge in [0.1, 0.15) is 5.82 Å². The molecule has 1 N–H and O–H groups in total. The van der Waals surface area contributed by atoms with Gasteiger partial charge in [-0.1, -0.05) is 12.1 Å². The molecule has 0 aliphatic heterocycles. The number of amides is 1. The van der Waals surface area contributed by atoms with Crippen molar-refractivity contribution in [2.75, 3.05) is 19.5 Å². The van der Waals surface area contributed by atoms with Crippen molar-refractivity contribution >= 4 is 15.9 Å². The molecule has 17 heavy (non-hydrogen) atoms. The van der Waals surface area contributed by atoms with E-state index in [1.165, 1.54) is 25.3 Å². The lowest BCUT2D eigenvalue weighted by Gasteiger charge is -2.06. The number of ether oxygens (including phenoxy) is 1. The standard InChI is InChI=1S/C10H12FNO4S/c1-16-6-7-17(14,15)12-10(13)8-4-2-3-5-9(8)11/h2-5H,6-7H2,1H3,(H,12,13). The van der Waals surface area contributed by atoms with Crippen LogP contribution in [0.25, 0.3) is 0 Å². The van der Waals surface area contributed by atoms with Crippen LogP contribution in [0.5, 0.6) is 0 Å². The number of rotatable bonds is 5. The van der Waals surface area contributed by atoms with Crippen LogP contribution in [0.4, 0.5) is 4.39 Å². The summed E-state index contributed by atoms with van der Waals surface area (Å²) in [6.45, 7) is -0.0418. The molecule has 0 saturated heterocycles. The van der Waals surface area contributed by atoms with E-state index in [0.29, 0.717) is 0 Å². The molecular formula is C10H12FNO4S. The second-order valence-corrected chi connectivity index (χ2v) is 5.06. The van der Waals surface area contributed by atoms with Crippen LogP contribution in [-0.4, -0.2) is 33.8 Å². The van der Waals surface area contributed by atoms with Gasteiger partial charge in [-0.2, -0.15) is 0 Å². The van der Waals surface area contributed by atoms with E-state index in [-0.39, 0.29) is 17.9 Å². The van der Waals surface area contributed by atoms with Crippen LogP contribution in [0.15, 0.2) is 24.3 Å². The van der Waals surface area contributed by atoms with Crippen molar-refractivity contribution in [1.29, 1.82) is 0 Å². The highest BCUT2D eigenvalue weighted by atomic mass is 32.2. The number of carbonyl (C=O) groups is 1. The van der Waals surface area contributed by atoms with Gasteiger partial charge in [0.2, 0.25) is 10.0 Å². The Hall–Kier alpha value is -1.47. The summed E-state index contributed by atoms with van der Waals surface area (Å²) in [5.41, 5.74) is -0.312. The number of nitrogens with one attached hydrogen (secondary N) is 1. The minimum Gasteiger partial charge on any atom is -0.384 e. The summed E-state index contributed by atoms with van der Waals surface area (Å²) in [7, 11) is -2.46. The van der Waals surface area contributed by atoms with Crippen molar-refractivity contribution in [3.8, 4) is 0 Å². The molecule has 1 aromatic carbocycles. The van der Waals surface area contributed by atoms with Crippen molar-refractivity contribution < 1.29 is 22.3 Å². The molecule has 0 aliphatic rings. The Kier molecular flexibility index (Phi) is 4.59. The van der Waals surface area contributed by atoms with Crippen molar-refractivity contribution in [2.45, 2.75) is 0 Å². The highest BCUT2D eigenvalue weighted by Gasteiger charge is 2.18. The third-order valence-electron chi connectivity index (χ3n) is 1.92. The monoisotopic (exact) mass is 261 g/mol. The van der Waals surface area contributed by atoms with E-state index in [2.05, 4.69) is 4.74 Å². The van der Waals surface area contributed by atoms with Gasteiger partial charge in [0.15, 0.2) is 0 Å². The fraction of sp³-hybridized carbons (Fsp3) is 0.300. The van der Waals surface area contributed by atoms with Crippen molar-refractivity contribution in [1.82, 2.24) is 4.72 Å². The molecular weight excluding hydrogens is 249 g/mol.